The molecule has 1 fully saturated rings. The highest BCUT2D eigenvalue weighted by molar-refractivity contribution is 9.10. The van der Waals surface area contributed by atoms with Gasteiger partial charge in [-0.1, -0.05) is 15.9 Å². The lowest BCUT2D eigenvalue weighted by Gasteiger charge is -2.34. The second-order valence-corrected chi connectivity index (χ2v) is 6.12. The molecule has 1 aromatic rings. The second-order valence-electron chi connectivity index (χ2n) is 5.21. The van der Waals surface area contributed by atoms with Gasteiger partial charge < -0.3 is 9.64 Å². The van der Waals surface area contributed by atoms with Gasteiger partial charge in [0.2, 0.25) is 0 Å². The molecule has 0 aromatic heterocycles. The number of benzene rings is 1. The van der Waals surface area contributed by atoms with E-state index in [1.54, 1.807) is 25.1 Å². The van der Waals surface area contributed by atoms with E-state index in [9.17, 15) is 9.18 Å². The molecule has 5 heteroatoms. The summed E-state index contributed by atoms with van der Waals surface area (Å²) in [5.74, 6) is -0.736. The number of amides is 1. The van der Waals surface area contributed by atoms with Crippen LogP contribution >= 0.6 is 15.9 Å². The first-order valence-corrected chi connectivity index (χ1v) is 7.57. The molecule has 0 radical (unpaired) electrons. The Balaban J connectivity index is 2.07. The number of nitrogens with zero attached hydrogens (tertiary/aromatic N) is 1. The molecule has 20 heavy (non-hydrogen) atoms. The van der Waals surface area contributed by atoms with Gasteiger partial charge >= 0.3 is 0 Å². The van der Waals surface area contributed by atoms with Crippen LogP contribution in [0, 0.1) is 5.82 Å². The van der Waals surface area contributed by atoms with Gasteiger partial charge in [0.05, 0.1) is 11.7 Å². The average Bonchev–Trinajstić information content (AvgIpc) is 2.48. The summed E-state index contributed by atoms with van der Waals surface area (Å²) in [5.41, 5.74) is 0.121. The smallest absolute Gasteiger partial charge is 0.256 e. The van der Waals surface area contributed by atoms with Gasteiger partial charge in [-0.3, -0.25) is 4.79 Å². The number of carbonyl (C=O) groups excluding carboxylic acids is 1. The van der Waals surface area contributed by atoms with E-state index in [1.165, 1.54) is 12.1 Å². The van der Waals surface area contributed by atoms with Crippen LogP contribution in [-0.2, 0) is 4.74 Å². The van der Waals surface area contributed by atoms with Crippen LogP contribution in [-0.4, -0.2) is 37.1 Å². The lowest BCUT2D eigenvalue weighted by molar-refractivity contribution is 0.0384. The van der Waals surface area contributed by atoms with E-state index >= 15 is 0 Å². The van der Waals surface area contributed by atoms with E-state index in [0.29, 0.717) is 4.47 Å². The summed E-state index contributed by atoms with van der Waals surface area (Å²) < 4.78 is 19.8. The van der Waals surface area contributed by atoms with E-state index in [-0.39, 0.29) is 23.6 Å². The summed E-state index contributed by atoms with van der Waals surface area (Å²) in [6, 6.07) is 4.60. The molecule has 1 aromatic carbocycles. The van der Waals surface area contributed by atoms with Crippen LogP contribution in [0.3, 0.4) is 0 Å². The molecule has 0 unspecified atom stereocenters. The number of hydrogen-bond acceptors (Lipinski definition) is 2. The number of carbonyl (C=O) groups is 1. The zero-order valence-corrected chi connectivity index (χ0v) is 13.3. The van der Waals surface area contributed by atoms with Crippen molar-refractivity contribution in [2.45, 2.75) is 37.8 Å². The molecule has 1 saturated carbocycles. The highest BCUT2D eigenvalue weighted by Gasteiger charge is 2.28. The fourth-order valence-corrected chi connectivity index (χ4v) is 3.05. The Bertz CT molecular complexity index is 487. The van der Waals surface area contributed by atoms with E-state index in [2.05, 4.69) is 15.9 Å². The summed E-state index contributed by atoms with van der Waals surface area (Å²) in [6.07, 6.45) is 3.98. The minimum Gasteiger partial charge on any atom is -0.381 e. The number of ether oxygens (including phenoxy) is 1. The predicted molar refractivity (Wildman–Crippen MR) is 79.2 cm³/mol. The quantitative estimate of drug-likeness (QED) is 0.838. The monoisotopic (exact) mass is 343 g/mol. The van der Waals surface area contributed by atoms with Crippen LogP contribution in [0.5, 0.6) is 0 Å². The highest BCUT2D eigenvalue weighted by atomic mass is 79.9. The molecule has 1 aliphatic carbocycles. The molecule has 2 rings (SSSR count). The Morgan fingerprint density at radius 3 is 2.60 bits per heavy atom. The largest absolute Gasteiger partial charge is 0.381 e. The minimum absolute atomic E-state index is 0.121. The van der Waals surface area contributed by atoms with Crippen molar-refractivity contribution >= 4 is 21.8 Å². The molecule has 0 spiro atoms. The Kier molecular flexibility index (Phi) is 5.16. The first-order valence-electron chi connectivity index (χ1n) is 6.78. The highest BCUT2D eigenvalue weighted by Crippen LogP contribution is 2.26. The maximum absolute atomic E-state index is 13.8. The summed E-state index contributed by atoms with van der Waals surface area (Å²) in [5, 5.41) is 0. The molecule has 1 amide bonds. The molecule has 0 atom stereocenters. The minimum atomic E-state index is -0.476. The SMILES string of the molecule is COC1CCC(N(C)C(=O)c2cc(Br)ccc2F)CC1. The van der Waals surface area contributed by atoms with Crippen molar-refractivity contribution < 1.29 is 13.9 Å². The molecule has 0 bridgehead atoms. The van der Waals surface area contributed by atoms with Crippen LogP contribution in [0.4, 0.5) is 4.39 Å². The second kappa shape index (κ2) is 6.68. The van der Waals surface area contributed by atoms with Crippen LogP contribution in [0.25, 0.3) is 0 Å². The lowest BCUT2D eigenvalue weighted by Crippen LogP contribution is -2.40. The third kappa shape index (κ3) is 3.38. The molecule has 1 aliphatic rings. The molecule has 0 aliphatic heterocycles. The number of rotatable bonds is 3. The Labute approximate surface area is 127 Å². The lowest BCUT2D eigenvalue weighted by atomic mass is 9.91. The van der Waals surface area contributed by atoms with E-state index in [4.69, 9.17) is 4.74 Å². The molecular weight excluding hydrogens is 325 g/mol. The summed E-state index contributed by atoms with van der Waals surface area (Å²) in [7, 11) is 3.47. The molecule has 0 saturated heterocycles. The van der Waals surface area contributed by atoms with Gasteiger partial charge in [0.15, 0.2) is 0 Å². The van der Waals surface area contributed by atoms with Crippen molar-refractivity contribution in [3.63, 3.8) is 0 Å². The fraction of sp³-hybridized carbons (Fsp3) is 0.533. The van der Waals surface area contributed by atoms with Gasteiger partial charge in [-0.25, -0.2) is 4.39 Å². The van der Waals surface area contributed by atoms with Gasteiger partial charge in [-0.2, -0.15) is 0 Å². The van der Waals surface area contributed by atoms with Gasteiger partial charge in [0.25, 0.3) is 5.91 Å². The number of methoxy groups -OCH3 is 1. The van der Waals surface area contributed by atoms with E-state index < -0.39 is 5.82 Å². The Morgan fingerprint density at radius 1 is 1.35 bits per heavy atom. The van der Waals surface area contributed by atoms with Crippen molar-refractivity contribution in [1.82, 2.24) is 4.90 Å². The van der Waals surface area contributed by atoms with E-state index in [0.717, 1.165) is 25.7 Å². The zero-order chi connectivity index (χ0) is 14.7. The zero-order valence-electron chi connectivity index (χ0n) is 11.7. The van der Waals surface area contributed by atoms with Crippen molar-refractivity contribution in [3.8, 4) is 0 Å². The standard InChI is InChI=1S/C15H19BrFNO2/c1-18(11-4-6-12(20-2)7-5-11)15(19)13-9-10(16)3-8-14(13)17/h3,8-9,11-12H,4-7H2,1-2H3. The van der Waals surface area contributed by atoms with Crippen molar-refractivity contribution in [3.05, 3.63) is 34.1 Å². The van der Waals surface area contributed by atoms with E-state index in [1.807, 2.05) is 0 Å². The van der Waals surface area contributed by atoms with Crippen molar-refractivity contribution in [2.75, 3.05) is 14.2 Å². The normalized spacial score (nSPS) is 22.6. The Morgan fingerprint density at radius 2 is 2.00 bits per heavy atom. The van der Waals surface area contributed by atoms with Crippen molar-refractivity contribution in [1.29, 1.82) is 0 Å². The average molecular weight is 344 g/mol. The fourth-order valence-electron chi connectivity index (χ4n) is 2.69. The van der Waals surface area contributed by atoms with Crippen LogP contribution in [0.2, 0.25) is 0 Å². The maximum atomic E-state index is 13.8. The van der Waals surface area contributed by atoms with Gasteiger partial charge in [0.1, 0.15) is 5.82 Å². The molecule has 110 valence electrons. The molecule has 3 nitrogen and oxygen atoms in total. The first-order chi connectivity index (χ1) is 9.52. The molecule has 0 heterocycles. The topological polar surface area (TPSA) is 29.5 Å². The van der Waals surface area contributed by atoms with Gasteiger partial charge in [-0.05, 0) is 43.9 Å². The summed E-state index contributed by atoms with van der Waals surface area (Å²) in [6.45, 7) is 0. The van der Waals surface area contributed by atoms with Crippen LogP contribution in [0.1, 0.15) is 36.0 Å². The summed E-state index contributed by atoms with van der Waals surface area (Å²) in [4.78, 5) is 14.1. The number of hydrogen-bond donors (Lipinski definition) is 0. The third-order valence-corrected chi connectivity index (χ3v) is 4.50. The Hall–Kier alpha value is -0.940. The third-order valence-electron chi connectivity index (χ3n) is 4.00. The van der Waals surface area contributed by atoms with Crippen LogP contribution < -0.4 is 0 Å². The van der Waals surface area contributed by atoms with Crippen molar-refractivity contribution in [2.24, 2.45) is 0 Å². The molecular formula is C15H19BrFNO2. The van der Waals surface area contributed by atoms with Gasteiger partial charge in [-0.15, -0.1) is 0 Å². The van der Waals surface area contributed by atoms with Crippen LogP contribution in [0.15, 0.2) is 22.7 Å². The number of halogens is 2. The molecule has 0 N–H and O–H groups in total. The maximum Gasteiger partial charge on any atom is 0.256 e. The van der Waals surface area contributed by atoms with Gasteiger partial charge in [0, 0.05) is 24.7 Å². The summed E-state index contributed by atoms with van der Waals surface area (Å²) >= 11 is 3.27. The predicted octanol–water partition coefficient (Wildman–Crippen LogP) is 3.62. The first kappa shape index (κ1) is 15.4.